The van der Waals surface area contributed by atoms with E-state index in [4.69, 9.17) is 0 Å². The Morgan fingerprint density at radius 3 is 2.62 bits per heavy atom. The first kappa shape index (κ1) is 16.8. The monoisotopic (exact) mass is 407 g/mol. The number of aliphatic hydroxyl groups is 1. The first-order valence-electron chi connectivity index (χ1n) is 7.14. The third-order valence-electron chi connectivity index (χ3n) is 3.41. The highest BCUT2D eigenvalue weighted by molar-refractivity contribution is 9.10. The number of benzene rings is 2. The van der Waals surface area contributed by atoms with Gasteiger partial charge >= 0.3 is 0 Å². The minimum atomic E-state index is -3.73. The van der Waals surface area contributed by atoms with Crippen molar-refractivity contribution in [2.75, 3.05) is 13.2 Å². The van der Waals surface area contributed by atoms with E-state index in [0.717, 1.165) is 10.0 Å². The predicted molar refractivity (Wildman–Crippen MR) is 95.7 cm³/mol. The summed E-state index contributed by atoms with van der Waals surface area (Å²) >= 11 is 3.43. The lowest BCUT2D eigenvalue weighted by Gasteiger charge is -2.17. The molecule has 1 heterocycles. The van der Waals surface area contributed by atoms with Gasteiger partial charge in [0.2, 0.25) is 0 Å². The van der Waals surface area contributed by atoms with Crippen LogP contribution < -0.4 is 0 Å². The summed E-state index contributed by atoms with van der Waals surface area (Å²) in [5, 5.41) is 15.0. The molecule has 1 N–H and O–H groups in total. The largest absolute Gasteiger partial charge is 0.394 e. The van der Waals surface area contributed by atoms with Gasteiger partial charge in [-0.3, -0.25) is 0 Å². The van der Waals surface area contributed by atoms with Gasteiger partial charge in [-0.1, -0.05) is 46.3 Å². The number of hydrogen-bond acceptors (Lipinski definition) is 5. The molecule has 0 aliphatic carbocycles. The molecule has 0 fully saturated rings. The number of halogens is 1. The summed E-state index contributed by atoms with van der Waals surface area (Å²) in [5.74, 6) is 0.211. The summed E-state index contributed by atoms with van der Waals surface area (Å²) < 4.78 is 29.0. The predicted octanol–water partition coefficient (Wildman–Crippen LogP) is 2.23. The number of nitrogens with zero attached hydrogens (tertiary/aromatic N) is 3. The molecule has 0 atom stereocenters. The first-order chi connectivity index (χ1) is 11.5. The summed E-state index contributed by atoms with van der Waals surface area (Å²) in [5.41, 5.74) is 1.31. The van der Waals surface area contributed by atoms with E-state index in [9.17, 15) is 13.5 Å². The van der Waals surface area contributed by atoms with Crippen molar-refractivity contribution >= 4 is 38.0 Å². The van der Waals surface area contributed by atoms with E-state index in [2.05, 4.69) is 25.4 Å². The van der Waals surface area contributed by atoms with Crippen LogP contribution in [-0.4, -0.2) is 43.7 Å². The highest BCUT2D eigenvalue weighted by Crippen LogP contribution is 2.27. The summed E-state index contributed by atoms with van der Waals surface area (Å²) in [6.45, 7) is -0.0574. The number of rotatable bonds is 4. The summed E-state index contributed by atoms with van der Waals surface area (Å²) in [6.07, 6.45) is 1.59. The van der Waals surface area contributed by atoms with Crippen LogP contribution in [0.15, 0.2) is 67.4 Å². The number of sulfonamides is 1. The molecule has 0 unspecified atom stereocenters. The smallest absolute Gasteiger partial charge is 0.285 e. The van der Waals surface area contributed by atoms with Gasteiger partial charge in [-0.15, -0.1) is 4.40 Å². The molecule has 124 valence electrons. The van der Waals surface area contributed by atoms with Gasteiger partial charge in [-0.2, -0.15) is 13.5 Å². The fraction of sp³-hybridized carbons (Fsp3) is 0.125. The summed E-state index contributed by atoms with van der Waals surface area (Å²) in [7, 11) is -3.73. The van der Waals surface area contributed by atoms with Crippen LogP contribution in [-0.2, 0) is 10.0 Å². The van der Waals surface area contributed by atoms with Gasteiger partial charge in [0, 0.05) is 15.6 Å². The minimum absolute atomic E-state index is 0.129. The molecule has 0 aromatic heterocycles. The van der Waals surface area contributed by atoms with Crippen LogP contribution in [0.3, 0.4) is 0 Å². The molecule has 8 heteroatoms. The van der Waals surface area contributed by atoms with Crippen LogP contribution in [0.2, 0.25) is 0 Å². The molecule has 0 radical (unpaired) electrons. The lowest BCUT2D eigenvalue weighted by Crippen LogP contribution is -2.28. The van der Waals surface area contributed by atoms with Crippen molar-refractivity contribution in [3.8, 4) is 0 Å². The van der Waals surface area contributed by atoms with Crippen molar-refractivity contribution in [1.29, 1.82) is 0 Å². The van der Waals surface area contributed by atoms with Gasteiger partial charge in [-0.25, -0.2) is 5.01 Å². The third kappa shape index (κ3) is 3.26. The Balaban J connectivity index is 2.00. The van der Waals surface area contributed by atoms with Gasteiger partial charge in [-0.05, 0) is 18.2 Å². The Hall–Kier alpha value is -2.03. The normalized spacial score (nSPS) is 15.3. The number of amidine groups is 1. The van der Waals surface area contributed by atoms with Crippen LogP contribution in [0.5, 0.6) is 0 Å². The Bertz CT molecular complexity index is 926. The second-order valence-corrected chi connectivity index (χ2v) is 7.43. The Kier molecular flexibility index (Phi) is 4.79. The average Bonchev–Trinajstić information content (AvgIpc) is 2.85. The van der Waals surface area contributed by atoms with Crippen molar-refractivity contribution in [2.45, 2.75) is 4.90 Å². The molecular weight excluding hydrogens is 394 g/mol. The molecule has 0 amide bonds. The second kappa shape index (κ2) is 6.84. The van der Waals surface area contributed by atoms with E-state index < -0.39 is 10.0 Å². The van der Waals surface area contributed by atoms with E-state index >= 15 is 0 Å². The minimum Gasteiger partial charge on any atom is -0.394 e. The van der Waals surface area contributed by atoms with E-state index in [1.54, 1.807) is 24.4 Å². The van der Waals surface area contributed by atoms with Crippen molar-refractivity contribution in [3.63, 3.8) is 0 Å². The lowest BCUT2D eigenvalue weighted by atomic mass is 10.2. The molecule has 1 aliphatic rings. The third-order valence-corrected chi connectivity index (χ3v) is 5.46. The molecule has 0 saturated carbocycles. The van der Waals surface area contributed by atoms with E-state index in [0.29, 0.717) is 5.56 Å². The molecule has 1 aliphatic heterocycles. The van der Waals surface area contributed by atoms with Crippen molar-refractivity contribution in [2.24, 2.45) is 9.50 Å². The number of hydrogen-bond donors (Lipinski definition) is 1. The van der Waals surface area contributed by atoms with Gasteiger partial charge in [0.25, 0.3) is 10.0 Å². The van der Waals surface area contributed by atoms with Crippen molar-refractivity contribution in [3.05, 3.63) is 64.1 Å². The Morgan fingerprint density at radius 1 is 1.17 bits per heavy atom. The van der Waals surface area contributed by atoms with Gasteiger partial charge < -0.3 is 5.11 Å². The number of fused-ring (bicyclic) bond motifs is 1. The van der Waals surface area contributed by atoms with E-state index in [-0.39, 0.29) is 23.9 Å². The highest BCUT2D eigenvalue weighted by atomic mass is 79.9. The first-order valence-corrected chi connectivity index (χ1v) is 9.37. The average molecular weight is 408 g/mol. The van der Waals surface area contributed by atoms with Crippen LogP contribution >= 0.6 is 15.9 Å². The molecule has 2 aromatic carbocycles. The lowest BCUT2D eigenvalue weighted by molar-refractivity contribution is 0.254. The van der Waals surface area contributed by atoms with Gasteiger partial charge in [0.1, 0.15) is 4.90 Å². The van der Waals surface area contributed by atoms with Crippen LogP contribution in [0.1, 0.15) is 11.1 Å². The Labute approximate surface area is 148 Å². The molecule has 0 saturated heterocycles. The quantitative estimate of drug-likeness (QED) is 0.622. The highest BCUT2D eigenvalue weighted by Gasteiger charge is 2.31. The number of aliphatic hydroxyl groups excluding tert-OH is 1. The molecule has 0 bridgehead atoms. The molecule has 2 aromatic rings. The Morgan fingerprint density at radius 2 is 1.88 bits per heavy atom. The maximum Gasteiger partial charge on any atom is 0.285 e. The summed E-state index contributed by atoms with van der Waals surface area (Å²) in [6, 6.07) is 14.1. The fourth-order valence-electron chi connectivity index (χ4n) is 2.30. The molecule has 0 spiro atoms. The van der Waals surface area contributed by atoms with Gasteiger partial charge in [0.15, 0.2) is 5.84 Å². The summed E-state index contributed by atoms with van der Waals surface area (Å²) in [4.78, 5) is 0.152. The maximum atomic E-state index is 12.2. The standard InChI is InChI=1S/C16H14BrN3O3S/c17-14-7-3-1-5-12(14)11-18-20(9-10-21)16-13-6-2-4-8-15(13)24(22,23)19-16/h1-8,11,21H,9-10H2. The molecule has 3 rings (SSSR count). The van der Waals surface area contributed by atoms with E-state index in [1.165, 1.54) is 11.1 Å². The zero-order chi connectivity index (χ0) is 17.2. The zero-order valence-electron chi connectivity index (χ0n) is 12.5. The van der Waals surface area contributed by atoms with E-state index in [1.807, 2.05) is 24.3 Å². The van der Waals surface area contributed by atoms with Gasteiger partial charge in [0.05, 0.1) is 19.4 Å². The van der Waals surface area contributed by atoms with Crippen LogP contribution in [0.4, 0.5) is 0 Å². The second-order valence-electron chi connectivity index (χ2n) is 5.00. The maximum absolute atomic E-state index is 12.2. The van der Waals surface area contributed by atoms with Crippen molar-refractivity contribution in [1.82, 2.24) is 5.01 Å². The van der Waals surface area contributed by atoms with Crippen LogP contribution in [0, 0.1) is 0 Å². The van der Waals surface area contributed by atoms with Crippen LogP contribution in [0.25, 0.3) is 0 Å². The molecular formula is C16H14BrN3O3S. The SMILES string of the molecule is O=S1(=O)N=C(N(CCO)N=Cc2ccccc2Br)c2ccccc21. The topological polar surface area (TPSA) is 82.3 Å². The zero-order valence-corrected chi connectivity index (χ0v) is 14.9. The number of hydrazone groups is 1. The molecule has 6 nitrogen and oxygen atoms in total. The van der Waals surface area contributed by atoms with Crippen molar-refractivity contribution < 1.29 is 13.5 Å². The molecule has 24 heavy (non-hydrogen) atoms. The fourth-order valence-corrected chi connectivity index (χ4v) is 3.89.